The van der Waals surface area contributed by atoms with Crippen LogP contribution in [0.5, 0.6) is 0 Å². The van der Waals surface area contributed by atoms with Gasteiger partial charge >= 0.3 is 5.91 Å². The van der Waals surface area contributed by atoms with E-state index in [0.717, 1.165) is 0 Å². The van der Waals surface area contributed by atoms with Crippen molar-refractivity contribution in [2.75, 3.05) is 19.8 Å². The van der Waals surface area contributed by atoms with Crippen molar-refractivity contribution in [2.24, 2.45) is 5.84 Å². The van der Waals surface area contributed by atoms with Gasteiger partial charge in [-0.3, -0.25) is 15.1 Å². The Morgan fingerprint density at radius 1 is 1.63 bits per heavy atom. The summed E-state index contributed by atoms with van der Waals surface area (Å²) in [6, 6.07) is 3.58. The molecule has 7 heteroatoms. The molecule has 1 saturated heterocycles. The van der Waals surface area contributed by atoms with Gasteiger partial charge in [-0.05, 0) is 19.1 Å². The Kier molecular flexibility index (Phi) is 4.54. The summed E-state index contributed by atoms with van der Waals surface area (Å²) in [7, 11) is 0. The maximum absolute atomic E-state index is 11.3. The molecule has 1 aliphatic heterocycles. The lowest BCUT2D eigenvalue weighted by Crippen LogP contribution is -2.48. The number of nitrogens with two attached hydrogens (primary N) is 1. The number of nitrogens with one attached hydrogen (secondary N) is 1. The van der Waals surface area contributed by atoms with Gasteiger partial charge in [-0.15, -0.1) is 0 Å². The molecule has 0 aromatic carbocycles. The predicted molar refractivity (Wildman–Crippen MR) is 67.1 cm³/mol. The molecule has 0 aliphatic carbocycles. The van der Waals surface area contributed by atoms with Crippen molar-refractivity contribution in [3.63, 3.8) is 0 Å². The number of ether oxygens (including phenoxy) is 1. The number of hydrogen-bond donors (Lipinski definition) is 3. The lowest BCUT2D eigenvalue weighted by atomic mass is 10.2. The molecule has 0 radical (unpaired) electrons. The van der Waals surface area contributed by atoms with E-state index < -0.39 is 5.91 Å². The van der Waals surface area contributed by atoms with Crippen LogP contribution in [0.3, 0.4) is 0 Å². The monoisotopic (exact) mass is 269 g/mol. The van der Waals surface area contributed by atoms with Gasteiger partial charge in [0.1, 0.15) is 5.76 Å². The third-order valence-corrected chi connectivity index (χ3v) is 3.21. The molecule has 2 heterocycles. The molecule has 1 aliphatic rings. The van der Waals surface area contributed by atoms with Gasteiger partial charge in [-0.1, -0.05) is 0 Å². The first-order valence-electron chi connectivity index (χ1n) is 6.20. The van der Waals surface area contributed by atoms with E-state index in [9.17, 15) is 4.79 Å². The summed E-state index contributed by atoms with van der Waals surface area (Å²) in [5.74, 6) is 5.47. The van der Waals surface area contributed by atoms with E-state index in [1.165, 1.54) is 0 Å². The molecule has 106 valence electrons. The Morgan fingerprint density at radius 2 is 2.42 bits per heavy atom. The molecular weight excluding hydrogens is 250 g/mol. The zero-order valence-corrected chi connectivity index (χ0v) is 10.8. The maximum Gasteiger partial charge on any atom is 0.300 e. The van der Waals surface area contributed by atoms with Gasteiger partial charge in [0.25, 0.3) is 0 Å². The lowest BCUT2D eigenvalue weighted by Gasteiger charge is -2.36. The molecule has 0 saturated carbocycles. The Labute approximate surface area is 111 Å². The van der Waals surface area contributed by atoms with E-state index in [-0.39, 0.29) is 24.5 Å². The van der Waals surface area contributed by atoms with E-state index >= 15 is 0 Å². The van der Waals surface area contributed by atoms with E-state index in [2.05, 4.69) is 4.90 Å². The zero-order valence-electron chi connectivity index (χ0n) is 10.8. The number of rotatable bonds is 4. The summed E-state index contributed by atoms with van der Waals surface area (Å²) in [5.41, 5.74) is 2.02. The topological polar surface area (TPSA) is 101 Å². The molecule has 7 nitrogen and oxygen atoms in total. The Balaban J connectivity index is 1.99. The van der Waals surface area contributed by atoms with Crippen LogP contribution in [0.25, 0.3) is 0 Å². The number of hydrazine groups is 1. The number of nitrogens with zero attached hydrogens (tertiary/aromatic N) is 1. The van der Waals surface area contributed by atoms with Crippen molar-refractivity contribution in [2.45, 2.75) is 25.6 Å². The number of aliphatic hydroxyl groups excluding tert-OH is 1. The van der Waals surface area contributed by atoms with Gasteiger partial charge in [-0.2, -0.15) is 0 Å². The van der Waals surface area contributed by atoms with E-state index in [0.29, 0.717) is 25.5 Å². The molecule has 19 heavy (non-hydrogen) atoms. The number of morpholine rings is 1. The van der Waals surface area contributed by atoms with Gasteiger partial charge < -0.3 is 14.3 Å². The highest BCUT2D eigenvalue weighted by atomic mass is 16.5. The first kappa shape index (κ1) is 14.0. The van der Waals surface area contributed by atoms with E-state index in [1.807, 2.05) is 12.3 Å². The molecule has 4 N–H and O–H groups in total. The molecule has 1 fully saturated rings. The van der Waals surface area contributed by atoms with E-state index in [4.69, 9.17) is 20.1 Å². The summed E-state index contributed by atoms with van der Waals surface area (Å²) >= 11 is 0. The minimum absolute atomic E-state index is 0.00219. The van der Waals surface area contributed by atoms with Gasteiger partial charge in [-0.25, -0.2) is 5.84 Å². The van der Waals surface area contributed by atoms with Crippen molar-refractivity contribution in [3.05, 3.63) is 23.7 Å². The molecule has 2 atom stereocenters. The second kappa shape index (κ2) is 6.16. The normalized spacial score (nSPS) is 24.4. The fraction of sp³-hybridized carbons (Fsp3) is 0.583. The van der Waals surface area contributed by atoms with Crippen LogP contribution in [0, 0.1) is 0 Å². The average molecular weight is 269 g/mol. The standard InChI is InChI=1S/C12H19N3O4/c1-8-7-18-10(6-16)5-15(8)4-9-2-3-11(19-9)12(17)14-13/h2-3,8,10,16H,4-7,13H2,1H3,(H,14,17). The summed E-state index contributed by atoms with van der Waals surface area (Å²) < 4.78 is 10.9. The number of hydrogen-bond acceptors (Lipinski definition) is 6. The van der Waals surface area contributed by atoms with Crippen LogP contribution < -0.4 is 11.3 Å². The summed E-state index contributed by atoms with van der Waals surface area (Å²) in [6.45, 7) is 3.82. The molecule has 1 amide bonds. The third kappa shape index (κ3) is 3.32. The van der Waals surface area contributed by atoms with Crippen molar-refractivity contribution >= 4 is 5.91 Å². The molecule has 0 bridgehead atoms. The van der Waals surface area contributed by atoms with Crippen LogP contribution in [-0.2, 0) is 11.3 Å². The van der Waals surface area contributed by atoms with Crippen LogP contribution in [0.2, 0.25) is 0 Å². The van der Waals surface area contributed by atoms with E-state index in [1.54, 1.807) is 12.1 Å². The van der Waals surface area contributed by atoms with Crippen molar-refractivity contribution in [1.82, 2.24) is 10.3 Å². The summed E-state index contributed by atoms with van der Waals surface area (Å²) in [4.78, 5) is 13.4. The number of aliphatic hydroxyl groups is 1. The van der Waals surface area contributed by atoms with Crippen LogP contribution in [0.1, 0.15) is 23.2 Å². The fourth-order valence-corrected chi connectivity index (χ4v) is 2.06. The highest BCUT2D eigenvalue weighted by Gasteiger charge is 2.26. The number of carbonyl (C=O) groups excluding carboxylic acids is 1. The predicted octanol–water partition coefficient (Wildman–Crippen LogP) is -0.535. The molecule has 2 rings (SSSR count). The minimum atomic E-state index is -0.450. The van der Waals surface area contributed by atoms with Crippen molar-refractivity contribution in [3.8, 4) is 0 Å². The van der Waals surface area contributed by atoms with Crippen LogP contribution >= 0.6 is 0 Å². The number of nitrogen functional groups attached to an aromatic ring is 1. The molecule has 1 aromatic rings. The second-order valence-corrected chi connectivity index (χ2v) is 4.66. The molecule has 1 aromatic heterocycles. The SMILES string of the molecule is CC1COC(CO)CN1Cc1ccc(C(=O)NN)o1. The molecule has 0 spiro atoms. The number of carbonyl (C=O) groups is 1. The summed E-state index contributed by atoms with van der Waals surface area (Å²) in [6.07, 6.45) is -0.169. The summed E-state index contributed by atoms with van der Waals surface area (Å²) in [5, 5.41) is 9.13. The smallest absolute Gasteiger partial charge is 0.300 e. The molecule has 2 unspecified atom stereocenters. The second-order valence-electron chi connectivity index (χ2n) is 4.66. The van der Waals surface area contributed by atoms with Crippen LogP contribution in [0.15, 0.2) is 16.5 Å². The quantitative estimate of drug-likeness (QED) is 0.386. The average Bonchev–Trinajstić information content (AvgIpc) is 2.89. The van der Waals surface area contributed by atoms with Gasteiger partial charge in [0.2, 0.25) is 0 Å². The Hall–Kier alpha value is -1.41. The van der Waals surface area contributed by atoms with Gasteiger partial charge in [0.05, 0.1) is 25.9 Å². The van der Waals surface area contributed by atoms with Gasteiger partial charge in [0.15, 0.2) is 5.76 Å². The Morgan fingerprint density at radius 3 is 3.11 bits per heavy atom. The molecular formula is C12H19N3O4. The Bertz CT molecular complexity index is 434. The first-order chi connectivity index (χ1) is 9.13. The largest absolute Gasteiger partial charge is 0.455 e. The highest BCUT2D eigenvalue weighted by molar-refractivity contribution is 5.90. The first-order valence-corrected chi connectivity index (χ1v) is 6.20. The number of amides is 1. The van der Waals surface area contributed by atoms with Crippen LogP contribution in [-0.4, -0.2) is 47.8 Å². The minimum Gasteiger partial charge on any atom is -0.455 e. The van der Waals surface area contributed by atoms with Crippen molar-refractivity contribution in [1.29, 1.82) is 0 Å². The number of furan rings is 1. The van der Waals surface area contributed by atoms with Crippen LogP contribution in [0.4, 0.5) is 0 Å². The van der Waals surface area contributed by atoms with Gasteiger partial charge in [0, 0.05) is 12.6 Å². The maximum atomic E-state index is 11.3. The fourth-order valence-electron chi connectivity index (χ4n) is 2.06. The zero-order chi connectivity index (χ0) is 13.8. The third-order valence-electron chi connectivity index (χ3n) is 3.21. The lowest BCUT2D eigenvalue weighted by molar-refractivity contribution is -0.0820. The highest BCUT2D eigenvalue weighted by Crippen LogP contribution is 2.17. The van der Waals surface area contributed by atoms with Crippen molar-refractivity contribution < 1.29 is 19.1 Å².